The van der Waals surface area contributed by atoms with Crippen LogP contribution in [0.15, 0.2) is 48.7 Å². The summed E-state index contributed by atoms with van der Waals surface area (Å²) >= 11 is 0. The molecule has 110 valence electrons. The van der Waals surface area contributed by atoms with E-state index in [9.17, 15) is 18.0 Å². The van der Waals surface area contributed by atoms with E-state index < -0.39 is 18.8 Å². The minimum atomic E-state index is -4.44. The summed E-state index contributed by atoms with van der Waals surface area (Å²) in [5.74, 6) is -0.514. The fourth-order valence-electron chi connectivity index (χ4n) is 1.40. The van der Waals surface area contributed by atoms with E-state index in [2.05, 4.69) is 9.72 Å². The topological polar surface area (TPSA) is 48.4 Å². The molecule has 2 rings (SSSR count). The van der Waals surface area contributed by atoms with Gasteiger partial charge in [-0.05, 0) is 18.2 Å². The van der Waals surface area contributed by atoms with Crippen LogP contribution >= 0.6 is 0 Å². The number of rotatable bonds is 4. The quantitative estimate of drug-likeness (QED) is 0.642. The Bertz CT molecular complexity index is 597. The Hall–Kier alpha value is -2.57. The van der Waals surface area contributed by atoms with E-state index in [4.69, 9.17) is 4.74 Å². The van der Waals surface area contributed by atoms with E-state index in [1.54, 1.807) is 30.3 Å². The molecule has 0 atom stereocenters. The molecule has 0 N–H and O–H groups in total. The van der Waals surface area contributed by atoms with Crippen LogP contribution in [0.25, 0.3) is 0 Å². The van der Waals surface area contributed by atoms with Crippen molar-refractivity contribution in [1.29, 1.82) is 0 Å². The number of hydrogen-bond donors (Lipinski definition) is 0. The van der Waals surface area contributed by atoms with E-state index in [0.717, 1.165) is 6.20 Å². The lowest BCUT2D eigenvalue weighted by atomic mass is 10.3. The van der Waals surface area contributed by atoms with Crippen molar-refractivity contribution in [2.45, 2.75) is 6.18 Å². The molecular formula is C14H10F3NO3. The fourth-order valence-corrected chi connectivity index (χ4v) is 1.40. The number of halogens is 3. The predicted molar refractivity (Wildman–Crippen MR) is 67.2 cm³/mol. The van der Waals surface area contributed by atoms with Crippen LogP contribution in [0.3, 0.4) is 0 Å². The first-order valence-corrected chi connectivity index (χ1v) is 5.87. The standard InChI is InChI=1S/C14H10F3NO3/c15-14(16,17)9-20-12-7-6-10(8-18-12)13(19)21-11-4-2-1-3-5-11/h1-8H,9H2. The average Bonchev–Trinajstić information content (AvgIpc) is 2.46. The highest BCUT2D eigenvalue weighted by Crippen LogP contribution is 2.17. The molecule has 0 unspecified atom stereocenters. The number of ether oxygens (including phenoxy) is 2. The van der Waals surface area contributed by atoms with Gasteiger partial charge in [0.2, 0.25) is 5.88 Å². The molecule has 0 saturated heterocycles. The summed E-state index contributed by atoms with van der Waals surface area (Å²) in [7, 11) is 0. The van der Waals surface area contributed by atoms with Crippen LogP contribution in [0.5, 0.6) is 11.6 Å². The number of pyridine rings is 1. The molecule has 2 aromatic rings. The Balaban J connectivity index is 1.97. The Morgan fingerprint density at radius 3 is 2.38 bits per heavy atom. The van der Waals surface area contributed by atoms with Gasteiger partial charge in [-0.25, -0.2) is 9.78 Å². The van der Waals surface area contributed by atoms with Crippen LogP contribution < -0.4 is 9.47 Å². The van der Waals surface area contributed by atoms with Crippen molar-refractivity contribution in [3.8, 4) is 11.6 Å². The summed E-state index contributed by atoms with van der Waals surface area (Å²) in [6, 6.07) is 10.8. The number of nitrogens with zero attached hydrogens (tertiary/aromatic N) is 1. The summed E-state index contributed by atoms with van der Waals surface area (Å²) in [5, 5.41) is 0. The van der Waals surface area contributed by atoms with Gasteiger partial charge in [-0.2, -0.15) is 13.2 Å². The zero-order chi connectivity index (χ0) is 15.3. The molecule has 0 aliphatic rings. The maximum absolute atomic E-state index is 12.0. The second-order valence-corrected chi connectivity index (χ2v) is 3.99. The van der Waals surface area contributed by atoms with Gasteiger partial charge in [-0.1, -0.05) is 18.2 Å². The van der Waals surface area contributed by atoms with E-state index in [1.807, 2.05) is 0 Å². The normalized spacial score (nSPS) is 11.0. The molecule has 21 heavy (non-hydrogen) atoms. The summed E-state index contributed by atoms with van der Waals surface area (Å²) < 4.78 is 45.4. The molecule has 1 aromatic heterocycles. The lowest BCUT2D eigenvalue weighted by Crippen LogP contribution is -2.19. The molecule has 0 spiro atoms. The second kappa shape index (κ2) is 6.25. The van der Waals surface area contributed by atoms with Gasteiger partial charge in [-0.15, -0.1) is 0 Å². The SMILES string of the molecule is O=C(Oc1ccccc1)c1ccc(OCC(F)(F)F)nc1. The molecule has 0 fully saturated rings. The highest BCUT2D eigenvalue weighted by Gasteiger charge is 2.28. The highest BCUT2D eigenvalue weighted by molar-refractivity contribution is 5.90. The Kier molecular flexibility index (Phi) is 4.42. The number of benzene rings is 1. The monoisotopic (exact) mass is 297 g/mol. The van der Waals surface area contributed by atoms with Gasteiger partial charge in [-0.3, -0.25) is 0 Å². The predicted octanol–water partition coefficient (Wildman–Crippen LogP) is 3.24. The molecule has 0 bridgehead atoms. The molecule has 1 aromatic carbocycles. The van der Waals surface area contributed by atoms with Crippen LogP contribution in [-0.4, -0.2) is 23.7 Å². The molecular weight excluding hydrogens is 287 g/mol. The van der Waals surface area contributed by atoms with Crippen LogP contribution in [-0.2, 0) is 0 Å². The van der Waals surface area contributed by atoms with E-state index in [1.165, 1.54) is 12.1 Å². The first-order valence-electron chi connectivity index (χ1n) is 5.87. The lowest BCUT2D eigenvalue weighted by molar-refractivity contribution is -0.154. The molecule has 1 heterocycles. The largest absolute Gasteiger partial charge is 0.468 e. The number of esters is 1. The summed E-state index contributed by atoms with van der Waals surface area (Å²) in [6.07, 6.45) is -3.34. The maximum Gasteiger partial charge on any atom is 0.422 e. The van der Waals surface area contributed by atoms with E-state index in [0.29, 0.717) is 5.75 Å². The zero-order valence-corrected chi connectivity index (χ0v) is 10.6. The molecule has 0 aliphatic heterocycles. The third-order valence-corrected chi connectivity index (χ3v) is 2.31. The van der Waals surface area contributed by atoms with Crippen molar-refractivity contribution >= 4 is 5.97 Å². The lowest BCUT2D eigenvalue weighted by Gasteiger charge is -2.08. The third-order valence-electron chi connectivity index (χ3n) is 2.31. The van der Waals surface area contributed by atoms with Crippen molar-refractivity contribution in [2.24, 2.45) is 0 Å². The van der Waals surface area contributed by atoms with E-state index >= 15 is 0 Å². The van der Waals surface area contributed by atoms with Crippen molar-refractivity contribution in [3.63, 3.8) is 0 Å². The average molecular weight is 297 g/mol. The van der Waals surface area contributed by atoms with Gasteiger partial charge in [0.1, 0.15) is 5.75 Å². The molecule has 0 aliphatic carbocycles. The van der Waals surface area contributed by atoms with E-state index in [-0.39, 0.29) is 11.4 Å². The molecule has 0 radical (unpaired) electrons. The van der Waals surface area contributed by atoms with Gasteiger partial charge in [0, 0.05) is 12.3 Å². The second-order valence-electron chi connectivity index (χ2n) is 3.99. The smallest absolute Gasteiger partial charge is 0.422 e. The summed E-state index contributed by atoms with van der Waals surface area (Å²) in [6.45, 7) is -1.44. The van der Waals surface area contributed by atoms with Crippen molar-refractivity contribution < 1.29 is 27.4 Å². The summed E-state index contributed by atoms with van der Waals surface area (Å²) in [5.41, 5.74) is 0.109. The number of aromatic nitrogens is 1. The van der Waals surface area contributed by atoms with Gasteiger partial charge in [0.25, 0.3) is 0 Å². The molecule has 4 nitrogen and oxygen atoms in total. The Morgan fingerprint density at radius 1 is 1.10 bits per heavy atom. The Morgan fingerprint density at radius 2 is 1.81 bits per heavy atom. The van der Waals surface area contributed by atoms with Crippen LogP contribution in [0.4, 0.5) is 13.2 Å². The summed E-state index contributed by atoms with van der Waals surface area (Å²) in [4.78, 5) is 15.4. The minimum absolute atomic E-state index is 0.109. The molecule has 0 saturated carbocycles. The molecule has 7 heteroatoms. The van der Waals surface area contributed by atoms with Crippen LogP contribution in [0, 0.1) is 0 Å². The number of alkyl halides is 3. The minimum Gasteiger partial charge on any atom is -0.468 e. The van der Waals surface area contributed by atoms with Crippen LogP contribution in [0.2, 0.25) is 0 Å². The third kappa shape index (κ3) is 4.79. The van der Waals surface area contributed by atoms with Gasteiger partial charge >= 0.3 is 12.1 Å². The van der Waals surface area contributed by atoms with Crippen molar-refractivity contribution in [1.82, 2.24) is 4.98 Å². The van der Waals surface area contributed by atoms with Crippen molar-refractivity contribution in [3.05, 3.63) is 54.2 Å². The van der Waals surface area contributed by atoms with Gasteiger partial charge in [0.15, 0.2) is 6.61 Å². The number of carbonyl (C=O) groups excluding carboxylic acids is 1. The number of carbonyl (C=O) groups is 1. The van der Waals surface area contributed by atoms with Crippen molar-refractivity contribution in [2.75, 3.05) is 6.61 Å². The zero-order valence-electron chi connectivity index (χ0n) is 10.6. The first-order chi connectivity index (χ1) is 9.94. The van der Waals surface area contributed by atoms with Gasteiger partial charge < -0.3 is 9.47 Å². The number of para-hydroxylation sites is 1. The molecule has 0 amide bonds. The first kappa shape index (κ1) is 14.8. The maximum atomic E-state index is 12.0. The Labute approximate surface area is 118 Å². The fraction of sp³-hybridized carbons (Fsp3) is 0.143. The number of hydrogen-bond acceptors (Lipinski definition) is 4. The highest BCUT2D eigenvalue weighted by atomic mass is 19.4. The van der Waals surface area contributed by atoms with Crippen LogP contribution in [0.1, 0.15) is 10.4 Å². The van der Waals surface area contributed by atoms with Gasteiger partial charge in [0.05, 0.1) is 5.56 Å².